The molecule has 0 heterocycles. The summed E-state index contributed by atoms with van der Waals surface area (Å²) in [6, 6.07) is 0. The van der Waals surface area contributed by atoms with Crippen molar-refractivity contribution >= 4 is 6.29 Å². The van der Waals surface area contributed by atoms with Crippen LogP contribution in [0.15, 0.2) is 11.6 Å². The van der Waals surface area contributed by atoms with Gasteiger partial charge < -0.3 is 10.5 Å². The largest absolute Gasteiger partial charge is 0.327 e. The molecular formula is C6H10FNO. The van der Waals surface area contributed by atoms with Gasteiger partial charge in [-0.3, -0.25) is 0 Å². The van der Waals surface area contributed by atoms with Crippen LogP contribution in [0, 0.1) is 0 Å². The fraction of sp³-hybridized carbons (Fsp3) is 0.500. The van der Waals surface area contributed by atoms with Gasteiger partial charge in [-0.2, -0.15) is 0 Å². The van der Waals surface area contributed by atoms with Gasteiger partial charge >= 0.3 is 0 Å². The predicted octanol–water partition coefficient (Wildman–Crippen LogP) is 0.430. The van der Waals surface area contributed by atoms with Crippen molar-refractivity contribution in [1.29, 1.82) is 0 Å². The van der Waals surface area contributed by atoms with Gasteiger partial charge in [-0.25, -0.2) is 4.39 Å². The molecule has 0 saturated heterocycles. The fourth-order valence-electron chi connectivity index (χ4n) is 0.407. The second-order valence-corrected chi connectivity index (χ2v) is 1.60. The predicted molar refractivity (Wildman–Crippen MR) is 33.8 cm³/mol. The third kappa shape index (κ3) is 3.85. The quantitative estimate of drug-likeness (QED) is 0.444. The van der Waals surface area contributed by atoms with E-state index in [1.54, 1.807) is 0 Å². The summed E-state index contributed by atoms with van der Waals surface area (Å²) in [5.74, 6) is 0. The molecule has 3 heteroatoms. The maximum absolute atomic E-state index is 11.7. The molecule has 52 valence electrons. The van der Waals surface area contributed by atoms with E-state index in [-0.39, 0.29) is 13.0 Å². The van der Waals surface area contributed by atoms with E-state index in [1.807, 2.05) is 0 Å². The first-order valence-electron chi connectivity index (χ1n) is 2.72. The van der Waals surface area contributed by atoms with Crippen LogP contribution >= 0.6 is 0 Å². The molecule has 0 amide bonds. The molecule has 0 aromatic carbocycles. The van der Waals surface area contributed by atoms with Gasteiger partial charge in [0.1, 0.15) is 13.0 Å². The van der Waals surface area contributed by atoms with Crippen molar-refractivity contribution in [2.75, 3.05) is 13.2 Å². The molecule has 0 aliphatic carbocycles. The zero-order valence-electron chi connectivity index (χ0n) is 5.14. The van der Waals surface area contributed by atoms with Crippen molar-refractivity contribution in [1.82, 2.24) is 0 Å². The molecule has 2 N–H and O–H groups in total. The minimum absolute atomic E-state index is 0.199. The number of nitrogens with two attached hydrogens (primary N) is 1. The van der Waals surface area contributed by atoms with Crippen molar-refractivity contribution < 1.29 is 9.18 Å². The molecule has 0 aromatic rings. The smallest absolute Gasteiger partial charge is 0.123 e. The molecule has 0 aromatic heterocycles. The van der Waals surface area contributed by atoms with E-state index in [2.05, 4.69) is 0 Å². The lowest BCUT2D eigenvalue weighted by molar-refractivity contribution is -0.107. The number of hydrogen-bond acceptors (Lipinski definition) is 2. The highest BCUT2D eigenvalue weighted by Crippen LogP contribution is 1.92. The lowest BCUT2D eigenvalue weighted by Gasteiger charge is -1.93. The summed E-state index contributed by atoms with van der Waals surface area (Å²) < 4.78 is 11.7. The maximum Gasteiger partial charge on any atom is 0.123 e. The number of carbonyl (C=O) groups is 1. The second-order valence-electron chi connectivity index (χ2n) is 1.60. The average Bonchev–Trinajstić information content (AvgIpc) is 1.91. The van der Waals surface area contributed by atoms with Gasteiger partial charge in [0.2, 0.25) is 0 Å². The van der Waals surface area contributed by atoms with Crippen LogP contribution in [0.4, 0.5) is 4.39 Å². The highest BCUT2D eigenvalue weighted by molar-refractivity contribution is 5.52. The van der Waals surface area contributed by atoms with Crippen molar-refractivity contribution in [2.24, 2.45) is 5.73 Å². The average molecular weight is 131 g/mol. The zero-order valence-corrected chi connectivity index (χ0v) is 5.14. The van der Waals surface area contributed by atoms with Crippen LogP contribution < -0.4 is 5.73 Å². The summed E-state index contributed by atoms with van der Waals surface area (Å²) >= 11 is 0. The summed E-state index contributed by atoms with van der Waals surface area (Å²) in [5, 5.41) is 0. The lowest BCUT2D eigenvalue weighted by Crippen LogP contribution is -2.04. The molecule has 9 heavy (non-hydrogen) atoms. The molecule has 0 radical (unpaired) electrons. The van der Waals surface area contributed by atoms with E-state index >= 15 is 0 Å². The van der Waals surface area contributed by atoms with Crippen molar-refractivity contribution in [3.05, 3.63) is 11.6 Å². The van der Waals surface area contributed by atoms with Crippen molar-refractivity contribution in [3.63, 3.8) is 0 Å². The van der Waals surface area contributed by atoms with Gasteiger partial charge in [-0.15, -0.1) is 0 Å². The number of aldehydes is 1. The van der Waals surface area contributed by atoms with E-state index in [0.29, 0.717) is 11.9 Å². The Labute approximate surface area is 53.5 Å². The molecule has 0 unspecified atom stereocenters. The van der Waals surface area contributed by atoms with Gasteiger partial charge in [-0.05, 0) is 5.57 Å². The molecular weight excluding hydrogens is 121 g/mol. The van der Waals surface area contributed by atoms with E-state index in [9.17, 15) is 9.18 Å². The minimum atomic E-state index is -0.551. The van der Waals surface area contributed by atoms with Gasteiger partial charge in [0.25, 0.3) is 0 Å². The van der Waals surface area contributed by atoms with E-state index in [0.717, 1.165) is 0 Å². The first-order valence-corrected chi connectivity index (χ1v) is 2.72. The summed E-state index contributed by atoms with van der Waals surface area (Å²) in [6.07, 6.45) is 2.48. The number of allylic oxidation sites excluding steroid dienone is 1. The SMILES string of the molecule is NC/C(=C/CC=O)CF. The third-order valence-electron chi connectivity index (χ3n) is 0.937. The molecule has 0 aliphatic rings. The van der Waals surface area contributed by atoms with Gasteiger partial charge in [0.05, 0.1) is 0 Å². The fourth-order valence-corrected chi connectivity index (χ4v) is 0.407. The zero-order chi connectivity index (χ0) is 7.11. The molecule has 0 atom stereocenters. The first kappa shape index (κ1) is 8.30. The van der Waals surface area contributed by atoms with Gasteiger partial charge in [0, 0.05) is 13.0 Å². The van der Waals surface area contributed by atoms with Crippen LogP contribution in [0.25, 0.3) is 0 Å². The topological polar surface area (TPSA) is 43.1 Å². The first-order chi connectivity index (χ1) is 4.35. The maximum atomic E-state index is 11.7. The summed E-state index contributed by atoms with van der Waals surface area (Å²) in [6.45, 7) is -0.353. The van der Waals surface area contributed by atoms with Crippen LogP contribution in [-0.2, 0) is 4.79 Å². The normalized spacial score (nSPS) is 11.6. The Balaban J connectivity index is 3.60. The third-order valence-corrected chi connectivity index (χ3v) is 0.937. The molecule has 0 spiro atoms. The Kier molecular flexibility index (Phi) is 5.01. The Morgan fingerprint density at radius 2 is 2.33 bits per heavy atom. The number of alkyl halides is 1. The highest BCUT2D eigenvalue weighted by Gasteiger charge is 1.89. The number of hydrogen-bond donors (Lipinski definition) is 1. The summed E-state index contributed by atoms with van der Waals surface area (Å²) in [5.41, 5.74) is 5.59. The number of carbonyl (C=O) groups excluding carboxylic acids is 1. The summed E-state index contributed by atoms with van der Waals surface area (Å²) in [7, 11) is 0. The lowest BCUT2D eigenvalue weighted by atomic mass is 10.2. The van der Waals surface area contributed by atoms with Crippen LogP contribution in [-0.4, -0.2) is 19.5 Å². The van der Waals surface area contributed by atoms with Crippen LogP contribution in [0.5, 0.6) is 0 Å². The number of rotatable bonds is 4. The molecule has 0 fully saturated rings. The van der Waals surface area contributed by atoms with Gasteiger partial charge in [0.15, 0.2) is 0 Å². The van der Waals surface area contributed by atoms with E-state index in [1.165, 1.54) is 6.08 Å². The van der Waals surface area contributed by atoms with E-state index < -0.39 is 6.67 Å². The Morgan fingerprint density at radius 1 is 1.67 bits per heavy atom. The van der Waals surface area contributed by atoms with Crippen molar-refractivity contribution in [2.45, 2.75) is 6.42 Å². The van der Waals surface area contributed by atoms with Crippen LogP contribution in [0.2, 0.25) is 0 Å². The van der Waals surface area contributed by atoms with Gasteiger partial charge in [-0.1, -0.05) is 6.08 Å². The number of halogens is 1. The van der Waals surface area contributed by atoms with Crippen LogP contribution in [0.3, 0.4) is 0 Å². The van der Waals surface area contributed by atoms with Crippen LogP contribution in [0.1, 0.15) is 6.42 Å². The molecule has 2 nitrogen and oxygen atoms in total. The molecule has 0 saturated carbocycles. The van der Waals surface area contributed by atoms with E-state index in [4.69, 9.17) is 5.73 Å². The Bertz CT molecular complexity index is 106. The Morgan fingerprint density at radius 3 is 2.67 bits per heavy atom. The minimum Gasteiger partial charge on any atom is -0.327 e. The Hall–Kier alpha value is -0.700. The molecule has 0 rings (SSSR count). The molecule has 0 aliphatic heterocycles. The second kappa shape index (κ2) is 5.44. The highest BCUT2D eigenvalue weighted by atomic mass is 19.1. The monoisotopic (exact) mass is 131 g/mol. The molecule has 0 bridgehead atoms. The standard InChI is InChI=1S/C6H10FNO/c7-4-6(5-8)2-1-3-9/h2-3H,1,4-5,8H2/b6-2+. The van der Waals surface area contributed by atoms with Crippen molar-refractivity contribution in [3.8, 4) is 0 Å². The summed E-state index contributed by atoms with van der Waals surface area (Å²) in [4.78, 5) is 9.73.